The largest absolute Gasteiger partial charge is 0.494 e. The van der Waals surface area contributed by atoms with Gasteiger partial charge in [0.2, 0.25) is 0 Å². The van der Waals surface area contributed by atoms with Gasteiger partial charge in [0.05, 0.1) is 6.61 Å². The molecule has 0 heterocycles. The van der Waals surface area contributed by atoms with E-state index in [0.717, 1.165) is 18.0 Å². The molecule has 1 N–H and O–H groups in total. The van der Waals surface area contributed by atoms with E-state index in [2.05, 4.69) is 19.2 Å². The van der Waals surface area contributed by atoms with Crippen molar-refractivity contribution in [2.75, 3.05) is 19.8 Å². The van der Waals surface area contributed by atoms with E-state index in [1.54, 1.807) is 0 Å². The van der Waals surface area contributed by atoms with E-state index in [1.165, 1.54) is 12.8 Å². The molecule has 0 fully saturated rings. The molecule has 0 bridgehead atoms. The Labute approximate surface area is 110 Å². The highest BCUT2D eigenvalue weighted by atomic mass is 16.5. The minimum absolute atomic E-state index is 0.568. The van der Waals surface area contributed by atoms with Crippen molar-refractivity contribution in [3.05, 3.63) is 24.3 Å². The molecule has 1 aromatic rings. The molecule has 3 nitrogen and oxygen atoms in total. The molecule has 102 valence electrons. The number of rotatable bonds is 9. The second-order valence-electron chi connectivity index (χ2n) is 4.40. The maximum absolute atomic E-state index is 5.65. The Hall–Kier alpha value is -1.22. The average molecular weight is 251 g/mol. The molecule has 3 heteroatoms. The lowest BCUT2D eigenvalue weighted by atomic mass is 10.2. The molecule has 0 radical (unpaired) electrons. The molecule has 0 saturated carbocycles. The molecule has 1 aromatic carbocycles. The fraction of sp³-hybridized carbons (Fsp3) is 0.600. The van der Waals surface area contributed by atoms with Crippen LogP contribution in [0.25, 0.3) is 0 Å². The van der Waals surface area contributed by atoms with Gasteiger partial charge in [0.25, 0.3) is 0 Å². The van der Waals surface area contributed by atoms with Crippen LogP contribution in [0.15, 0.2) is 24.3 Å². The van der Waals surface area contributed by atoms with Gasteiger partial charge in [-0.15, -0.1) is 0 Å². The van der Waals surface area contributed by atoms with E-state index in [1.807, 2.05) is 31.2 Å². The van der Waals surface area contributed by atoms with Crippen LogP contribution < -0.4 is 14.8 Å². The van der Waals surface area contributed by atoms with Gasteiger partial charge in [-0.3, -0.25) is 0 Å². The summed E-state index contributed by atoms with van der Waals surface area (Å²) < 4.78 is 11.0. The third-order valence-corrected chi connectivity index (χ3v) is 2.72. The van der Waals surface area contributed by atoms with Crippen LogP contribution in [0, 0.1) is 0 Å². The van der Waals surface area contributed by atoms with Crippen molar-refractivity contribution >= 4 is 0 Å². The minimum atomic E-state index is 0.568. The zero-order chi connectivity index (χ0) is 13.2. The Kier molecular flexibility index (Phi) is 7.26. The van der Waals surface area contributed by atoms with E-state index in [9.17, 15) is 0 Å². The van der Waals surface area contributed by atoms with Crippen molar-refractivity contribution < 1.29 is 9.47 Å². The van der Waals surface area contributed by atoms with Crippen molar-refractivity contribution in [3.63, 3.8) is 0 Å². The molecule has 18 heavy (non-hydrogen) atoms. The van der Waals surface area contributed by atoms with Crippen molar-refractivity contribution in [1.82, 2.24) is 5.32 Å². The summed E-state index contributed by atoms with van der Waals surface area (Å²) >= 11 is 0. The van der Waals surface area contributed by atoms with Gasteiger partial charge in [0.1, 0.15) is 18.1 Å². The molecule has 0 aliphatic heterocycles. The van der Waals surface area contributed by atoms with E-state index in [0.29, 0.717) is 19.3 Å². The smallest absolute Gasteiger partial charge is 0.119 e. The highest BCUT2D eigenvalue weighted by Crippen LogP contribution is 2.17. The summed E-state index contributed by atoms with van der Waals surface area (Å²) in [6.45, 7) is 8.67. The summed E-state index contributed by atoms with van der Waals surface area (Å²) in [5.41, 5.74) is 0. The molecule has 1 atom stereocenters. The molecule has 0 aliphatic rings. The zero-order valence-corrected chi connectivity index (χ0v) is 11.7. The first kappa shape index (κ1) is 14.8. The van der Waals surface area contributed by atoms with Gasteiger partial charge in [-0.25, -0.2) is 0 Å². The van der Waals surface area contributed by atoms with E-state index in [-0.39, 0.29) is 0 Å². The van der Waals surface area contributed by atoms with Gasteiger partial charge in [-0.1, -0.05) is 13.3 Å². The number of benzene rings is 1. The first-order valence-corrected chi connectivity index (χ1v) is 6.85. The third kappa shape index (κ3) is 5.92. The van der Waals surface area contributed by atoms with Crippen molar-refractivity contribution in [2.45, 2.75) is 39.7 Å². The molecule has 1 rings (SSSR count). The van der Waals surface area contributed by atoms with Crippen molar-refractivity contribution in [1.29, 1.82) is 0 Å². The molecule has 0 saturated heterocycles. The minimum Gasteiger partial charge on any atom is -0.494 e. The predicted molar refractivity (Wildman–Crippen MR) is 75.5 cm³/mol. The first-order valence-electron chi connectivity index (χ1n) is 6.85. The monoisotopic (exact) mass is 251 g/mol. The Morgan fingerprint density at radius 3 is 2.22 bits per heavy atom. The third-order valence-electron chi connectivity index (χ3n) is 2.72. The Morgan fingerprint density at radius 1 is 1.06 bits per heavy atom. The first-order chi connectivity index (χ1) is 8.76. The molecule has 0 aromatic heterocycles. The highest BCUT2D eigenvalue weighted by Gasteiger charge is 1.99. The van der Waals surface area contributed by atoms with Gasteiger partial charge in [0.15, 0.2) is 0 Å². The van der Waals surface area contributed by atoms with Gasteiger partial charge < -0.3 is 14.8 Å². The van der Waals surface area contributed by atoms with Gasteiger partial charge in [0, 0.05) is 12.6 Å². The lowest BCUT2D eigenvalue weighted by Crippen LogP contribution is -2.29. The van der Waals surface area contributed by atoms with Crippen molar-refractivity contribution in [3.8, 4) is 11.5 Å². The van der Waals surface area contributed by atoms with Crippen LogP contribution in [0.1, 0.15) is 33.6 Å². The Bertz CT molecular complexity index is 311. The maximum Gasteiger partial charge on any atom is 0.119 e. The normalized spacial score (nSPS) is 12.2. The van der Waals surface area contributed by atoms with Crippen LogP contribution in [-0.2, 0) is 0 Å². The molecular formula is C15H25NO2. The van der Waals surface area contributed by atoms with Crippen LogP contribution in [0.3, 0.4) is 0 Å². The van der Waals surface area contributed by atoms with Gasteiger partial charge in [-0.05, 0) is 44.5 Å². The van der Waals surface area contributed by atoms with E-state index < -0.39 is 0 Å². The Morgan fingerprint density at radius 2 is 1.67 bits per heavy atom. The lowest BCUT2D eigenvalue weighted by molar-refractivity contribution is 0.303. The fourth-order valence-electron chi connectivity index (χ4n) is 1.81. The van der Waals surface area contributed by atoms with Gasteiger partial charge >= 0.3 is 0 Å². The summed E-state index contributed by atoms with van der Waals surface area (Å²) in [6.07, 6.45) is 2.43. The summed E-state index contributed by atoms with van der Waals surface area (Å²) in [7, 11) is 0. The number of hydrogen-bond donors (Lipinski definition) is 1. The second-order valence-corrected chi connectivity index (χ2v) is 4.40. The number of nitrogens with one attached hydrogen (secondary N) is 1. The fourth-order valence-corrected chi connectivity index (χ4v) is 1.81. The standard InChI is InChI=1S/C15H25NO2/c1-4-6-13(3)16-11-12-18-15-9-7-14(8-10-15)17-5-2/h7-10,13,16H,4-6,11-12H2,1-3H3. The number of ether oxygens (including phenoxy) is 2. The summed E-state index contributed by atoms with van der Waals surface area (Å²) in [4.78, 5) is 0. The zero-order valence-electron chi connectivity index (χ0n) is 11.7. The summed E-state index contributed by atoms with van der Waals surface area (Å²) in [6, 6.07) is 8.33. The van der Waals surface area contributed by atoms with Crippen LogP contribution >= 0.6 is 0 Å². The van der Waals surface area contributed by atoms with E-state index in [4.69, 9.17) is 9.47 Å². The molecular weight excluding hydrogens is 226 g/mol. The van der Waals surface area contributed by atoms with Crippen LogP contribution in [0.5, 0.6) is 11.5 Å². The molecule has 0 spiro atoms. The van der Waals surface area contributed by atoms with Crippen molar-refractivity contribution in [2.24, 2.45) is 0 Å². The molecule has 0 amide bonds. The maximum atomic E-state index is 5.65. The quantitative estimate of drug-likeness (QED) is 0.683. The highest BCUT2D eigenvalue weighted by molar-refractivity contribution is 5.31. The molecule has 1 unspecified atom stereocenters. The average Bonchev–Trinajstić information content (AvgIpc) is 2.37. The summed E-state index contributed by atoms with van der Waals surface area (Å²) in [5, 5.41) is 3.44. The predicted octanol–water partition coefficient (Wildman–Crippen LogP) is 3.24. The SMILES string of the molecule is CCCC(C)NCCOc1ccc(OCC)cc1. The second kappa shape index (κ2) is 8.81. The van der Waals surface area contributed by atoms with E-state index >= 15 is 0 Å². The topological polar surface area (TPSA) is 30.5 Å². The molecule has 0 aliphatic carbocycles. The van der Waals surface area contributed by atoms with Crippen LogP contribution in [0.2, 0.25) is 0 Å². The number of hydrogen-bond acceptors (Lipinski definition) is 3. The van der Waals surface area contributed by atoms with Crippen LogP contribution in [0.4, 0.5) is 0 Å². The summed E-state index contributed by atoms with van der Waals surface area (Å²) in [5.74, 6) is 1.78. The van der Waals surface area contributed by atoms with Gasteiger partial charge in [-0.2, -0.15) is 0 Å². The lowest BCUT2D eigenvalue weighted by Gasteiger charge is -2.13. The Balaban J connectivity index is 2.19. The van der Waals surface area contributed by atoms with Crippen LogP contribution in [-0.4, -0.2) is 25.8 Å².